The molecule has 1 N–H and O–H groups in total. The summed E-state index contributed by atoms with van der Waals surface area (Å²) in [6, 6.07) is 6.76. The number of ether oxygens (including phenoxy) is 1. The summed E-state index contributed by atoms with van der Waals surface area (Å²) < 4.78 is 31.9. The van der Waals surface area contributed by atoms with Crippen LogP contribution in [0, 0.1) is 0 Å². The molecule has 2 heterocycles. The molecular formula is C19H28N2O4S3. The molecule has 1 unspecified atom stereocenters. The third-order valence-corrected chi connectivity index (χ3v) is 9.85. The van der Waals surface area contributed by atoms with Crippen LogP contribution in [0.2, 0.25) is 0 Å². The van der Waals surface area contributed by atoms with Crippen LogP contribution < -0.4 is 5.32 Å². The predicted molar refractivity (Wildman–Crippen MR) is 115 cm³/mol. The molecule has 2 fully saturated rings. The molecule has 0 aliphatic carbocycles. The van der Waals surface area contributed by atoms with E-state index in [9.17, 15) is 13.2 Å². The Morgan fingerprint density at radius 2 is 1.93 bits per heavy atom. The lowest BCUT2D eigenvalue weighted by Gasteiger charge is -2.26. The molecule has 1 aromatic carbocycles. The van der Waals surface area contributed by atoms with Crippen molar-refractivity contribution in [1.82, 2.24) is 9.62 Å². The number of unbranched alkanes of at least 4 members (excludes halogenated alkanes) is 1. The summed E-state index contributed by atoms with van der Waals surface area (Å²) in [4.78, 5) is 12.3. The van der Waals surface area contributed by atoms with Crippen molar-refractivity contribution < 1.29 is 17.9 Å². The molecule has 1 aromatic rings. The maximum Gasteiger partial charge on any atom is 0.243 e. The minimum absolute atomic E-state index is 0.0541. The first-order valence-electron chi connectivity index (χ1n) is 9.77. The fraction of sp³-hybridized carbons (Fsp3) is 0.632. The molecule has 156 valence electrons. The fourth-order valence-corrected chi connectivity index (χ4v) is 7.66. The highest BCUT2D eigenvalue weighted by Crippen LogP contribution is 2.39. The standard InChI is InChI=1S/C19H28N2O4S3/c22-19(4-2-1-3-17-9-14-26-27-17)20-15-16-5-7-18(8-6-16)28(23,24)21-10-12-25-13-11-21/h5-8,17H,1-4,9-15H2,(H,20,22). The summed E-state index contributed by atoms with van der Waals surface area (Å²) in [6.45, 7) is 2.06. The van der Waals surface area contributed by atoms with E-state index in [-0.39, 0.29) is 10.8 Å². The highest BCUT2D eigenvalue weighted by molar-refractivity contribution is 8.77. The van der Waals surface area contributed by atoms with E-state index in [1.807, 2.05) is 21.6 Å². The average molecular weight is 445 g/mol. The molecule has 9 heteroatoms. The molecule has 28 heavy (non-hydrogen) atoms. The third kappa shape index (κ3) is 6.38. The monoisotopic (exact) mass is 444 g/mol. The van der Waals surface area contributed by atoms with Crippen molar-refractivity contribution in [2.24, 2.45) is 0 Å². The zero-order chi connectivity index (χ0) is 19.8. The molecule has 1 atom stereocenters. The van der Waals surface area contributed by atoms with E-state index in [2.05, 4.69) is 5.32 Å². The summed E-state index contributed by atoms with van der Waals surface area (Å²) in [5, 5.41) is 3.69. The first-order chi connectivity index (χ1) is 13.6. The molecular weight excluding hydrogens is 416 g/mol. The van der Waals surface area contributed by atoms with Crippen LogP contribution >= 0.6 is 21.6 Å². The molecule has 0 spiro atoms. The molecule has 2 saturated heterocycles. The van der Waals surface area contributed by atoms with Gasteiger partial charge in [-0.3, -0.25) is 4.79 Å². The van der Waals surface area contributed by atoms with Gasteiger partial charge in [0.15, 0.2) is 0 Å². The van der Waals surface area contributed by atoms with Crippen molar-refractivity contribution >= 4 is 37.5 Å². The Labute approximate surface area is 175 Å². The average Bonchev–Trinajstić information content (AvgIpc) is 3.24. The van der Waals surface area contributed by atoms with Gasteiger partial charge in [0.25, 0.3) is 0 Å². The molecule has 0 bridgehead atoms. The second kappa shape index (κ2) is 10.9. The Morgan fingerprint density at radius 1 is 1.18 bits per heavy atom. The van der Waals surface area contributed by atoms with Crippen molar-refractivity contribution in [2.75, 3.05) is 32.1 Å². The van der Waals surface area contributed by atoms with Gasteiger partial charge in [0.1, 0.15) is 0 Å². The number of amides is 1. The molecule has 2 aliphatic heterocycles. The molecule has 0 radical (unpaired) electrons. The topological polar surface area (TPSA) is 75.7 Å². The van der Waals surface area contributed by atoms with E-state index < -0.39 is 10.0 Å². The van der Waals surface area contributed by atoms with E-state index >= 15 is 0 Å². The molecule has 3 rings (SSSR count). The van der Waals surface area contributed by atoms with Crippen molar-refractivity contribution in [3.05, 3.63) is 29.8 Å². The fourth-order valence-electron chi connectivity index (χ4n) is 3.23. The maximum atomic E-state index is 12.6. The van der Waals surface area contributed by atoms with Gasteiger partial charge in [-0.15, -0.1) is 0 Å². The van der Waals surface area contributed by atoms with E-state index in [0.29, 0.717) is 39.3 Å². The van der Waals surface area contributed by atoms with Gasteiger partial charge in [0, 0.05) is 37.1 Å². The number of benzene rings is 1. The molecule has 6 nitrogen and oxygen atoms in total. The van der Waals surface area contributed by atoms with Crippen LogP contribution in [0.3, 0.4) is 0 Å². The van der Waals surface area contributed by atoms with Gasteiger partial charge in [0.05, 0.1) is 18.1 Å². The van der Waals surface area contributed by atoms with Crippen LogP contribution in [0.1, 0.15) is 37.7 Å². The van der Waals surface area contributed by atoms with Crippen molar-refractivity contribution in [2.45, 2.75) is 48.8 Å². The number of rotatable bonds is 9. The number of nitrogens with zero attached hydrogens (tertiary/aromatic N) is 1. The lowest BCUT2D eigenvalue weighted by molar-refractivity contribution is -0.121. The normalized spacial score (nSPS) is 20.9. The number of hydrogen-bond acceptors (Lipinski definition) is 6. The van der Waals surface area contributed by atoms with E-state index in [1.165, 1.54) is 22.9 Å². The van der Waals surface area contributed by atoms with Crippen molar-refractivity contribution in [1.29, 1.82) is 0 Å². The van der Waals surface area contributed by atoms with Gasteiger partial charge >= 0.3 is 0 Å². The van der Waals surface area contributed by atoms with E-state index in [1.54, 1.807) is 24.3 Å². The van der Waals surface area contributed by atoms with E-state index in [0.717, 1.165) is 23.7 Å². The lowest BCUT2D eigenvalue weighted by Crippen LogP contribution is -2.40. The Bertz CT molecular complexity index is 728. The maximum absolute atomic E-state index is 12.6. The molecule has 0 aromatic heterocycles. The Kier molecular flexibility index (Phi) is 8.52. The second-order valence-electron chi connectivity index (χ2n) is 7.01. The van der Waals surface area contributed by atoms with Gasteiger partial charge in [-0.1, -0.05) is 40.1 Å². The minimum Gasteiger partial charge on any atom is -0.379 e. The lowest BCUT2D eigenvalue weighted by atomic mass is 10.1. The first-order valence-corrected chi connectivity index (χ1v) is 13.6. The predicted octanol–water partition coefficient (Wildman–Crippen LogP) is 3.04. The number of morpholine rings is 1. The highest BCUT2D eigenvalue weighted by Gasteiger charge is 2.26. The van der Waals surface area contributed by atoms with Crippen LogP contribution in [-0.4, -0.2) is 55.9 Å². The van der Waals surface area contributed by atoms with Gasteiger partial charge < -0.3 is 10.1 Å². The zero-order valence-corrected chi connectivity index (χ0v) is 18.4. The largest absolute Gasteiger partial charge is 0.379 e. The van der Waals surface area contributed by atoms with Crippen LogP contribution in [0.25, 0.3) is 0 Å². The number of hydrogen-bond donors (Lipinski definition) is 1. The summed E-state index contributed by atoms with van der Waals surface area (Å²) in [6.07, 6.45) is 5.06. The summed E-state index contributed by atoms with van der Waals surface area (Å²) >= 11 is 0. The second-order valence-corrected chi connectivity index (χ2v) is 11.7. The number of carbonyl (C=O) groups excluding carboxylic acids is 1. The quantitative estimate of drug-likeness (QED) is 0.466. The molecule has 1 amide bonds. The summed E-state index contributed by atoms with van der Waals surface area (Å²) in [5.41, 5.74) is 0.897. The van der Waals surface area contributed by atoms with Crippen LogP contribution in [0.4, 0.5) is 0 Å². The van der Waals surface area contributed by atoms with Gasteiger partial charge in [-0.2, -0.15) is 4.31 Å². The van der Waals surface area contributed by atoms with E-state index in [4.69, 9.17) is 4.74 Å². The highest BCUT2D eigenvalue weighted by atomic mass is 33.1. The number of carbonyl (C=O) groups is 1. The van der Waals surface area contributed by atoms with Crippen LogP contribution in [-0.2, 0) is 26.1 Å². The Morgan fingerprint density at radius 3 is 2.61 bits per heavy atom. The smallest absolute Gasteiger partial charge is 0.243 e. The zero-order valence-electron chi connectivity index (χ0n) is 16.0. The van der Waals surface area contributed by atoms with Crippen LogP contribution in [0.15, 0.2) is 29.2 Å². The minimum atomic E-state index is -3.47. The van der Waals surface area contributed by atoms with Crippen molar-refractivity contribution in [3.8, 4) is 0 Å². The van der Waals surface area contributed by atoms with Crippen molar-refractivity contribution in [3.63, 3.8) is 0 Å². The SMILES string of the molecule is O=C(CCCCC1CCSS1)NCc1ccc(S(=O)(=O)N2CCOCC2)cc1. The van der Waals surface area contributed by atoms with Gasteiger partial charge in [-0.25, -0.2) is 8.42 Å². The summed E-state index contributed by atoms with van der Waals surface area (Å²) in [7, 11) is 0.469. The number of nitrogens with one attached hydrogen (secondary N) is 1. The Hall–Kier alpha value is -0.740. The molecule has 0 saturated carbocycles. The molecule has 2 aliphatic rings. The number of sulfonamides is 1. The summed E-state index contributed by atoms with van der Waals surface area (Å²) in [5.74, 6) is 1.31. The third-order valence-electron chi connectivity index (χ3n) is 4.93. The van der Waals surface area contributed by atoms with Crippen LogP contribution in [0.5, 0.6) is 0 Å². The van der Waals surface area contributed by atoms with Gasteiger partial charge in [0.2, 0.25) is 15.9 Å². The Balaban J connectivity index is 1.39. The van der Waals surface area contributed by atoms with Gasteiger partial charge in [-0.05, 0) is 37.0 Å². The first kappa shape index (κ1) is 22.0.